The van der Waals surface area contributed by atoms with Crippen molar-refractivity contribution in [2.45, 2.75) is 25.8 Å². The Morgan fingerprint density at radius 1 is 1.35 bits per heavy atom. The fraction of sp³-hybridized carbons (Fsp3) is 0.385. The Balaban J connectivity index is 2.09. The normalized spacial score (nSPS) is 13.9. The number of rotatable bonds is 3. The van der Waals surface area contributed by atoms with E-state index in [1.807, 2.05) is 10.9 Å². The van der Waals surface area contributed by atoms with Crippen LogP contribution < -0.4 is 5.01 Å². The minimum atomic E-state index is 0.468. The molecule has 0 saturated heterocycles. The first kappa shape index (κ1) is 13.1. The fourth-order valence-electron chi connectivity index (χ4n) is 2.50. The predicted molar refractivity (Wildman–Crippen MR) is 77.6 cm³/mol. The number of hydrogen-bond acceptors (Lipinski definition) is 4. The second-order valence-electron chi connectivity index (χ2n) is 4.81. The van der Waals surface area contributed by atoms with Crippen molar-refractivity contribution in [2.24, 2.45) is 5.29 Å². The molecule has 0 radical (unpaired) electrons. The number of pyridine rings is 1. The van der Waals surface area contributed by atoms with Gasteiger partial charge in [0, 0.05) is 36.6 Å². The maximum absolute atomic E-state index is 10.6. The van der Waals surface area contributed by atoms with E-state index >= 15 is 0 Å². The average Bonchev–Trinajstić information content (AvgIpc) is 2.91. The summed E-state index contributed by atoms with van der Waals surface area (Å²) < 4.78 is 2.02. The fourth-order valence-corrected chi connectivity index (χ4v) is 2.70. The molecule has 6 nitrogen and oxygen atoms in total. The van der Waals surface area contributed by atoms with Gasteiger partial charge in [0.2, 0.25) is 0 Å². The molecule has 1 aliphatic rings. The molecule has 2 aromatic rings. The van der Waals surface area contributed by atoms with Crippen molar-refractivity contribution < 1.29 is 0 Å². The maximum Gasteiger partial charge on any atom is 0.152 e. The molecule has 0 aliphatic carbocycles. The highest BCUT2D eigenvalue weighted by molar-refractivity contribution is 6.33. The number of aromatic nitrogens is 3. The van der Waals surface area contributed by atoms with Crippen LogP contribution in [-0.2, 0) is 13.0 Å². The molecule has 1 aliphatic heterocycles. The summed E-state index contributed by atoms with van der Waals surface area (Å²) in [4.78, 5) is 14.7. The standard InChI is InChI=1S/C13H14ClN5O/c1-18(17-20)13-6-9(11(14)8-15-13)10-7-16-19-5-3-2-4-12(10)19/h6-8H,2-5H2,1H3. The largest absolute Gasteiger partial charge is 0.269 e. The molecule has 3 heterocycles. The average molecular weight is 292 g/mol. The molecule has 0 spiro atoms. The third kappa shape index (κ3) is 2.16. The van der Waals surface area contributed by atoms with Crippen molar-refractivity contribution >= 4 is 17.4 Å². The zero-order valence-corrected chi connectivity index (χ0v) is 11.8. The van der Waals surface area contributed by atoms with Crippen LogP contribution in [0.25, 0.3) is 11.1 Å². The van der Waals surface area contributed by atoms with Crippen molar-refractivity contribution in [3.8, 4) is 11.1 Å². The summed E-state index contributed by atoms with van der Waals surface area (Å²) in [6.45, 7) is 0.945. The number of aryl methyl sites for hydroxylation is 1. The number of halogens is 1. The minimum Gasteiger partial charge on any atom is -0.269 e. The summed E-state index contributed by atoms with van der Waals surface area (Å²) in [6.07, 6.45) is 6.68. The van der Waals surface area contributed by atoms with Crippen LogP contribution in [0.2, 0.25) is 5.02 Å². The van der Waals surface area contributed by atoms with E-state index in [0.717, 1.165) is 36.9 Å². The molecule has 0 saturated carbocycles. The van der Waals surface area contributed by atoms with Gasteiger partial charge in [0.1, 0.15) is 0 Å². The Kier molecular flexibility index (Phi) is 3.40. The van der Waals surface area contributed by atoms with E-state index in [1.165, 1.54) is 10.7 Å². The quantitative estimate of drug-likeness (QED) is 0.644. The number of fused-ring (bicyclic) bond motifs is 1. The Hall–Kier alpha value is -1.95. The SMILES string of the molecule is CN(N=O)c1cc(-c2cnn3c2CCCC3)c(Cl)cn1. The molecule has 0 bridgehead atoms. The van der Waals surface area contributed by atoms with E-state index in [4.69, 9.17) is 11.6 Å². The Morgan fingerprint density at radius 2 is 2.20 bits per heavy atom. The zero-order valence-electron chi connectivity index (χ0n) is 11.1. The highest BCUT2D eigenvalue weighted by Crippen LogP contribution is 2.34. The van der Waals surface area contributed by atoms with Crippen molar-refractivity contribution in [1.29, 1.82) is 0 Å². The lowest BCUT2D eigenvalue weighted by Gasteiger charge is -2.16. The molecule has 0 atom stereocenters. The van der Waals surface area contributed by atoms with Gasteiger partial charge in [-0.05, 0) is 25.3 Å². The molecule has 2 aromatic heterocycles. The number of nitrogens with zero attached hydrogens (tertiary/aromatic N) is 5. The van der Waals surface area contributed by atoms with Crippen molar-refractivity contribution in [3.05, 3.63) is 34.1 Å². The van der Waals surface area contributed by atoms with Gasteiger partial charge in [-0.1, -0.05) is 11.6 Å². The van der Waals surface area contributed by atoms with Crippen molar-refractivity contribution in [3.63, 3.8) is 0 Å². The lowest BCUT2D eigenvalue weighted by atomic mass is 10.0. The molecular weight excluding hydrogens is 278 g/mol. The highest BCUT2D eigenvalue weighted by Gasteiger charge is 2.19. The molecule has 0 aromatic carbocycles. The monoisotopic (exact) mass is 291 g/mol. The third-order valence-electron chi connectivity index (χ3n) is 3.57. The summed E-state index contributed by atoms with van der Waals surface area (Å²) in [5, 5.41) is 8.99. The van der Waals surface area contributed by atoms with Crippen LogP contribution in [0.1, 0.15) is 18.5 Å². The van der Waals surface area contributed by atoms with Crippen LogP contribution in [-0.4, -0.2) is 21.8 Å². The van der Waals surface area contributed by atoms with Gasteiger partial charge in [0.05, 0.1) is 16.5 Å². The second-order valence-corrected chi connectivity index (χ2v) is 5.22. The van der Waals surface area contributed by atoms with E-state index in [1.54, 1.807) is 19.3 Å². The van der Waals surface area contributed by atoms with Crippen LogP contribution in [0.15, 0.2) is 23.7 Å². The molecule has 20 heavy (non-hydrogen) atoms. The summed E-state index contributed by atoms with van der Waals surface area (Å²) in [5.41, 5.74) is 3.05. The summed E-state index contributed by atoms with van der Waals surface area (Å²) >= 11 is 6.25. The molecule has 0 unspecified atom stereocenters. The third-order valence-corrected chi connectivity index (χ3v) is 3.87. The summed E-state index contributed by atoms with van der Waals surface area (Å²) in [5.74, 6) is 0.468. The molecule has 0 amide bonds. The van der Waals surface area contributed by atoms with E-state index in [2.05, 4.69) is 15.4 Å². The van der Waals surface area contributed by atoms with Crippen LogP contribution in [0.3, 0.4) is 0 Å². The van der Waals surface area contributed by atoms with Crippen LogP contribution in [0.5, 0.6) is 0 Å². The highest BCUT2D eigenvalue weighted by atomic mass is 35.5. The number of hydrogen-bond donors (Lipinski definition) is 0. The minimum absolute atomic E-state index is 0.468. The van der Waals surface area contributed by atoms with Gasteiger partial charge in [-0.3, -0.25) is 4.68 Å². The van der Waals surface area contributed by atoms with Gasteiger partial charge >= 0.3 is 0 Å². The lowest BCUT2D eigenvalue weighted by Crippen LogP contribution is -2.11. The molecule has 0 fully saturated rings. The Morgan fingerprint density at radius 3 is 3.00 bits per heavy atom. The van der Waals surface area contributed by atoms with Crippen molar-refractivity contribution in [1.82, 2.24) is 14.8 Å². The van der Waals surface area contributed by atoms with Crippen LogP contribution in [0, 0.1) is 4.91 Å². The van der Waals surface area contributed by atoms with E-state index in [-0.39, 0.29) is 0 Å². The summed E-state index contributed by atoms with van der Waals surface area (Å²) in [6, 6.07) is 1.77. The molecule has 7 heteroatoms. The van der Waals surface area contributed by atoms with Gasteiger partial charge in [-0.25, -0.2) is 9.99 Å². The van der Waals surface area contributed by atoms with E-state index in [0.29, 0.717) is 10.8 Å². The van der Waals surface area contributed by atoms with Gasteiger partial charge in [0.15, 0.2) is 5.82 Å². The van der Waals surface area contributed by atoms with Crippen LogP contribution in [0.4, 0.5) is 5.82 Å². The topological polar surface area (TPSA) is 63.4 Å². The molecule has 0 N–H and O–H groups in total. The van der Waals surface area contributed by atoms with Gasteiger partial charge < -0.3 is 0 Å². The number of anilines is 1. The number of nitroso groups, excluding NO2 is 1. The first-order valence-electron chi connectivity index (χ1n) is 6.48. The molecule has 3 rings (SSSR count). The Bertz CT molecular complexity index is 654. The summed E-state index contributed by atoms with van der Waals surface area (Å²) in [7, 11) is 1.56. The predicted octanol–water partition coefficient (Wildman–Crippen LogP) is 3.05. The zero-order chi connectivity index (χ0) is 14.1. The second kappa shape index (κ2) is 5.20. The smallest absolute Gasteiger partial charge is 0.152 e. The first-order valence-corrected chi connectivity index (χ1v) is 6.86. The van der Waals surface area contributed by atoms with Crippen LogP contribution >= 0.6 is 11.6 Å². The lowest BCUT2D eigenvalue weighted by molar-refractivity contribution is 0.487. The van der Waals surface area contributed by atoms with Gasteiger partial charge in [-0.15, -0.1) is 4.91 Å². The van der Waals surface area contributed by atoms with Gasteiger partial charge in [-0.2, -0.15) is 5.10 Å². The van der Waals surface area contributed by atoms with Crippen molar-refractivity contribution in [2.75, 3.05) is 12.1 Å². The molecule has 104 valence electrons. The Labute approximate surface area is 121 Å². The van der Waals surface area contributed by atoms with E-state index in [9.17, 15) is 4.91 Å². The molecular formula is C13H14ClN5O. The maximum atomic E-state index is 10.6. The van der Waals surface area contributed by atoms with E-state index < -0.39 is 0 Å². The first-order chi connectivity index (χ1) is 9.70. The van der Waals surface area contributed by atoms with Gasteiger partial charge in [0.25, 0.3) is 0 Å².